The molecule has 1 amide bonds. The fourth-order valence-electron chi connectivity index (χ4n) is 1.95. The maximum absolute atomic E-state index is 11.8. The Hall–Kier alpha value is -1.04. The number of halogens is 3. The molecule has 0 aliphatic heterocycles. The van der Waals surface area contributed by atoms with E-state index in [2.05, 4.69) is 26.3 Å². The van der Waals surface area contributed by atoms with Crippen LogP contribution in [0.15, 0.2) is 28.9 Å². The summed E-state index contributed by atoms with van der Waals surface area (Å²) in [6.07, 6.45) is 3.76. The normalized spacial score (nSPS) is 14.2. The van der Waals surface area contributed by atoms with Crippen molar-refractivity contribution in [1.82, 2.24) is 9.78 Å². The zero-order chi connectivity index (χ0) is 15.0. The molecular formula is C14H12BrCl2N3O. The maximum Gasteiger partial charge on any atom is 0.228 e. The minimum Gasteiger partial charge on any atom is -0.308 e. The molecule has 0 spiro atoms. The van der Waals surface area contributed by atoms with E-state index in [0.29, 0.717) is 22.4 Å². The van der Waals surface area contributed by atoms with Gasteiger partial charge in [-0.1, -0.05) is 29.3 Å². The van der Waals surface area contributed by atoms with Crippen molar-refractivity contribution in [2.24, 2.45) is 5.92 Å². The van der Waals surface area contributed by atoms with E-state index in [9.17, 15) is 4.79 Å². The zero-order valence-electron chi connectivity index (χ0n) is 10.9. The van der Waals surface area contributed by atoms with Gasteiger partial charge in [-0.05, 0) is 46.5 Å². The summed E-state index contributed by atoms with van der Waals surface area (Å²) in [5.41, 5.74) is 0.986. The van der Waals surface area contributed by atoms with Gasteiger partial charge in [0.1, 0.15) is 0 Å². The van der Waals surface area contributed by atoms with Gasteiger partial charge in [-0.3, -0.25) is 9.48 Å². The highest BCUT2D eigenvalue weighted by Gasteiger charge is 2.30. The van der Waals surface area contributed by atoms with Crippen molar-refractivity contribution in [3.8, 4) is 0 Å². The lowest BCUT2D eigenvalue weighted by Crippen LogP contribution is -2.14. The fraction of sp³-hybridized carbons (Fsp3) is 0.286. The van der Waals surface area contributed by atoms with Crippen molar-refractivity contribution < 1.29 is 4.79 Å². The third-order valence-corrected chi connectivity index (χ3v) is 4.55. The molecule has 7 heteroatoms. The minimum absolute atomic E-state index is 0.0375. The van der Waals surface area contributed by atoms with Gasteiger partial charge in [0.2, 0.25) is 5.91 Å². The smallest absolute Gasteiger partial charge is 0.228 e. The first-order valence-electron chi connectivity index (χ1n) is 6.50. The Labute approximate surface area is 140 Å². The largest absolute Gasteiger partial charge is 0.308 e. The molecule has 1 saturated carbocycles. The third kappa shape index (κ3) is 3.59. The molecule has 110 valence electrons. The molecule has 0 bridgehead atoms. The number of aromatic nitrogens is 2. The lowest BCUT2D eigenvalue weighted by atomic mass is 10.2. The van der Waals surface area contributed by atoms with Crippen molar-refractivity contribution in [3.63, 3.8) is 0 Å². The van der Waals surface area contributed by atoms with Crippen LogP contribution in [0.2, 0.25) is 10.0 Å². The average Bonchev–Trinajstić information content (AvgIpc) is 3.22. The number of hydrogen-bond donors (Lipinski definition) is 1. The Morgan fingerprint density at radius 1 is 1.38 bits per heavy atom. The monoisotopic (exact) mass is 387 g/mol. The minimum atomic E-state index is 0.0375. The standard InChI is InChI=1S/C14H12BrCl2N3O/c15-10-7-20(6-8-1-4-11(16)12(17)5-8)19-13(10)18-14(21)9-2-3-9/h1,4-5,7,9H,2-3,6H2,(H,18,19,21). The molecule has 1 aliphatic rings. The Morgan fingerprint density at radius 3 is 2.81 bits per heavy atom. The molecule has 4 nitrogen and oxygen atoms in total. The van der Waals surface area contributed by atoms with Gasteiger partial charge in [0.15, 0.2) is 5.82 Å². The summed E-state index contributed by atoms with van der Waals surface area (Å²) in [5, 5.41) is 8.25. The van der Waals surface area contributed by atoms with Crippen LogP contribution in [0, 0.1) is 5.92 Å². The van der Waals surface area contributed by atoms with E-state index < -0.39 is 0 Å². The van der Waals surface area contributed by atoms with Gasteiger partial charge in [0, 0.05) is 12.1 Å². The predicted molar refractivity (Wildman–Crippen MR) is 86.8 cm³/mol. The molecule has 1 aromatic heterocycles. The summed E-state index contributed by atoms with van der Waals surface area (Å²) >= 11 is 15.3. The second-order valence-electron chi connectivity index (χ2n) is 5.04. The summed E-state index contributed by atoms with van der Waals surface area (Å²) in [5.74, 6) is 0.736. The van der Waals surface area contributed by atoms with Crippen LogP contribution in [0.4, 0.5) is 5.82 Å². The van der Waals surface area contributed by atoms with Gasteiger partial charge >= 0.3 is 0 Å². The maximum atomic E-state index is 11.8. The molecule has 0 unspecified atom stereocenters. The lowest BCUT2D eigenvalue weighted by Gasteiger charge is -2.04. The average molecular weight is 389 g/mol. The first-order valence-corrected chi connectivity index (χ1v) is 8.05. The van der Waals surface area contributed by atoms with Gasteiger partial charge in [-0.25, -0.2) is 0 Å². The van der Waals surface area contributed by atoms with Crippen LogP contribution >= 0.6 is 39.1 Å². The molecular weight excluding hydrogens is 377 g/mol. The van der Waals surface area contributed by atoms with Crippen LogP contribution in [0.25, 0.3) is 0 Å². The first-order chi connectivity index (χ1) is 10.0. The molecule has 0 saturated heterocycles. The van der Waals surface area contributed by atoms with E-state index in [0.717, 1.165) is 22.9 Å². The highest BCUT2D eigenvalue weighted by molar-refractivity contribution is 9.10. The molecule has 1 fully saturated rings. The highest BCUT2D eigenvalue weighted by Crippen LogP contribution is 2.31. The number of amides is 1. The Balaban J connectivity index is 1.73. The predicted octanol–water partition coefficient (Wildman–Crippen LogP) is 4.35. The lowest BCUT2D eigenvalue weighted by molar-refractivity contribution is -0.117. The van der Waals surface area contributed by atoms with Crippen LogP contribution in [0.1, 0.15) is 18.4 Å². The van der Waals surface area contributed by atoms with E-state index in [1.807, 2.05) is 18.3 Å². The quantitative estimate of drug-likeness (QED) is 0.846. The molecule has 1 aromatic carbocycles. The summed E-state index contributed by atoms with van der Waals surface area (Å²) in [7, 11) is 0. The van der Waals surface area contributed by atoms with Gasteiger partial charge in [0.05, 0.1) is 21.1 Å². The second kappa shape index (κ2) is 5.99. The molecule has 1 N–H and O–H groups in total. The van der Waals surface area contributed by atoms with Crippen LogP contribution in [-0.4, -0.2) is 15.7 Å². The zero-order valence-corrected chi connectivity index (χ0v) is 14.0. The van der Waals surface area contributed by atoms with Crippen molar-refractivity contribution in [2.45, 2.75) is 19.4 Å². The summed E-state index contributed by atoms with van der Waals surface area (Å²) in [6.45, 7) is 0.550. The SMILES string of the molecule is O=C(Nc1nn(Cc2ccc(Cl)c(Cl)c2)cc1Br)C1CC1. The van der Waals surface area contributed by atoms with Crippen LogP contribution in [0.3, 0.4) is 0 Å². The fourth-order valence-corrected chi connectivity index (χ4v) is 2.69. The Kier molecular flexibility index (Phi) is 4.24. The summed E-state index contributed by atoms with van der Waals surface area (Å²) < 4.78 is 2.50. The molecule has 1 heterocycles. The number of carbonyl (C=O) groups is 1. The van der Waals surface area contributed by atoms with Crippen LogP contribution < -0.4 is 5.32 Å². The number of nitrogens with one attached hydrogen (secondary N) is 1. The Bertz CT molecular complexity index is 698. The van der Waals surface area contributed by atoms with E-state index >= 15 is 0 Å². The molecule has 21 heavy (non-hydrogen) atoms. The first kappa shape index (κ1) is 14.9. The van der Waals surface area contributed by atoms with E-state index in [4.69, 9.17) is 23.2 Å². The van der Waals surface area contributed by atoms with Gasteiger partial charge in [0.25, 0.3) is 0 Å². The van der Waals surface area contributed by atoms with E-state index in [-0.39, 0.29) is 11.8 Å². The van der Waals surface area contributed by atoms with Crippen LogP contribution in [-0.2, 0) is 11.3 Å². The topological polar surface area (TPSA) is 46.9 Å². The molecule has 0 atom stereocenters. The molecule has 0 radical (unpaired) electrons. The number of anilines is 1. The number of hydrogen-bond acceptors (Lipinski definition) is 2. The third-order valence-electron chi connectivity index (χ3n) is 3.24. The van der Waals surface area contributed by atoms with Gasteiger partial charge < -0.3 is 5.32 Å². The van der Waals surface area contributed by atoms with Crippen molar-refractivity contribution in [2.75, 3.05) is 5.32 Å². The highest BCUT2D eigenvalue weighted by atomic mass is 79.9. The van der Waals surface area contributed by atoms with Gasteiger partial charge in [-0.15, -0.1) is 0 Å². The number of carbonyl (C=O) groups excluding carboxylic acids is 1. The second-order valence-corrected chi connectivity index (χ2v) is 6.70. The number of nitrogens with zero attached hydrogens (tertiary/aromatic N) is 2. The molecule has 3 rings (SSSR count). The molecule has 2 aromatic rings. The summed E-state index contributed by atoms with van der Waals surface area (Å²) in [4.78, 5) is 11.8. The van der Waals surface area contributed by atoms with Gasteiger partial charge in [-0.2, -0.15) is 5.10 Å². The van der Waals surface area contributed by atoms with Crippen molar-refractivity contribution in [1.29, 1.82) is 0 Å². The van der Waals surface area contributed by atoms with E-state index in [1.165, 1.54) is 0 Å². The number of rotatable bonds is 4. The summed E-state index contributed by atoms with van der Waals surface area (Å²) in [6, 6.07) is 5.46. The van der Waals surface area contributed by atoms with Crippen molar-refractivity contribution in [3.05, 3.63) is 44.5 Å². The van der Waals surface area contributed by atoms with Crippen LogP contribution in [0.5, 0.6) is 0 Å². The Morgan fingerprint density at radius 2 is 2.14 bits per heavy atom. The number of benzene rings is 1. The van der Waals surface area contributed by atoms with Crippen molar-refractivity contribution >= 4 is 50.9 Å². The van der Waals surface area contributed by atoms with E-state index in [1.54, 1.807) is 10.7 Å². The molecule has 1 aliphatic carbocycles.